The zero-order valence-corrected chi connectivity index (χ0v) is 10.0. The number of aliphatic hydroxyl groups excluding tert-OH is 1. The molecule has 2 aliphatic heterocycles. The number of β-amino-alcohol motifs (C(OH)–C–C–N with tert-alkyl or cyclic N) is 1. The van der Waals surface area contributed by atoms with Gasteiger partial charge in [-0.05, 0) is 39.8 Å². The number of nitrogens with zero attached hydrogens (tertiary/aromatic N) is 2. The summed E-state index contributed by atoms with van der Waals surface area (Å²) in [6.45, 7) is 8.72. The molecule has 15 heavy (non-hydrogen) atoms. The number of aliphatic hydroxyl groups is 1. The summed E-state index contributed by atoms with van der Waals surface area (Å²) in [5, 5.41) is 10.1. The number of hydrogen-bond acceptors (Lipinski definition) is 3. The minimum atomic E-state index is -0.134. The Kier molecular flexibility index (Phi) is 3.65. The summed E-state index contributed by atoms with van der Waals surface area (Å²) in [7, 11) is 0. The highest BCUT2D eigenvalue weighted by Gasteiger charge is 2.36. The Morgan fingerprint density at radius 3 is 2.27 bits per heavy atom. The molecule has 0 aliphatic carbocycles. The van der Waals surface area contributed by atoms with E-state index in [2.05, 4.69) is 23.6 Å². The zero-order valence-electron chi connectivity index (χ0n) is 10.0. The topological polar surface area (TPSA) is 26.7 Å². The van der Waals surface area contributed by atoms with Crippen LogP contribution in [0, 0.1) is 0 Å². The number of hydrogen-bond donors (Lipinski definition) is 1. The molecule has 2 fully saturated rings. The van der Waals surface area contributed by atoms with Gasteiger partial charge in [0, 0.05) is 25.2 Å². The van der Waals surface area contributed by atoms with Crippen molar-refractivity contribution in [2.24, 2.45) is 0 Å². The van der Waals surface area contributed by atoms with Gasteiger partial charge in [-0.15, -0.1) is 0 Å². The first-order chi connectivity index (χ1) is 7.18. The summed E-state index contributed by atoms with van der Waals surface area (Å²) >= 11 is 0. The van der Waals surface area contributed by atoms with Gasteiger partial charge < -0.3 is 5.11 Å². The summed E-state index contributed by atoms with van der Waals surface area (Å²) in [5.41, 5.74) is 0. The van der Waals surface area contributed by atoms with Crippen LogP contribution in [0.3, 0.4) is 0 Å². The van der Waals surface area contributed by atoms with Gasteiger partial charge in [-0.25, -0.2) is 0 Å². The van der Waals surface area contributed by atoms with Crippen molar-refractivity contribution in [2.75, 3.05) is 26.2 Å². The van der Waals surface area contributed by atoms with Crippen LogP contribution < -0.4 is 0 Å². The van der Waals surface area contributed by atoms with Gasteiger partial charge in [0.25, 0.3) is 0 Å². The molecule has 2 rings (SSSR count). The highest BCUT2D eigenvalue weighted by molar-refractivity contribution is 4.92. The fraction of sp³-hybridized carbons (Fsp3) is 1.00. The Morgan fingerprint density at radius 1 is 1.07 bits per heavy atom. The van der Waals surface area contributed by atoms with Crippen LogP contribution in [0.4, 0.5) is 0 Å². The summed E-state index contributed by atoms with van der Waals surface area (Å²) in [4.78, 5) is 4.89. The van der Waals surface area contributed by atoms with Crippen molar-refractivity contribution in [3.63, 3.8) is 0 Å². The predicted octanol–water partition coefficient (Wildman–Crippen LogP) is 0.926. The molecule has 1 N–H and O–H groups in total. The van der Waals surface area contributed by atoms with Crippen molar-refractivity contribution in [1.29, 1.82) is 0 Å². The van der Waals surface area contributed by atoms with Crippen LogP contribution in [0.15, 0.2) is 0 Å². The van der Waals surface area contributed by atoms with Crippen molar-refractivity contribution >= 4 is 0 Å². The minimum Gasteiger partial charge on any atom is -0.390 e. The number of rotatable bonds is 2. The van der Waals surface area contributed by atoms with Gasteiger partial charge in [0.2, 0.25) is 0 Å². The summed E-state index contributed by atoms with van der Waals surface area (Å²) in [5.74, 6) is 0. The quantitative estimate of drug-likeness (QED) is 0.737. The number of piperidine rings is 1. The van der Waals surface area contributed by atoms with E-state index in [-0.39, 0.29) is 6.10 Å². The first kappa shape index (κ1) is 11.4. The Bertz CT molecular complexity index is 202. The van der Waals surface area contributed by atoms with Crippen molar-refractivity contribution in [3.8, 4) is 0 Å². The average molecular weight is 212 g/mol. The number of likely N-dealkylation sites (tertiary alicyclic amines) is 2. The maximum atomic E-state index is 10.1. The Hall–Kier alpha value is -0.120. The standard InChI is InChI=1S/C12H24N2O/c1-10(2)14-8-11(12(15)9-14)13-6-4-3-5-7-13/h10-12,15H,3-9H2,1-2H3. The zero-order chi connectivity index (χ0) is 10.8. The lowest BCUT2D eigenvalue weighted by Gasteiger charge is -2.33. The van der Waals surface area contributed by atoms with Crippen LogP contribution in [0.1, 0.15) is 33.1 Å². The lowest BCUT2D eigenvalue weighted by atomic mass is 10.1. The molecule has 2 heterocycles. The Labute approximate surface area is 93.1 Å². The van der Waals surface area contributed by atoms with Gasteiger partial charge in [-0.3, -0.25) is 9.80 Å². The molecule has 0 amide bonds. The molecule has 3 nitrogen and oxygen atoms in total. The monoisotopic (exact) mass is 212 g/mol. The normalized spacial score (nSPS) is 35.2. The molecule has 0 radical (unpaired) electrons. The van der Waals surface area contributed by atoms with Crippen molar-refractivity contribution in [1.82, 2.24) is 9.80 Å². The van der Waals surface area contributed by atoms with E-state index in [9.17, 15) is 5.11 Å². The lowest BCUT2D eigenvalue weighted by molar-refractivity contribution is 0.0705. The van der Waals surface area contributed by atoms with E-state index < -0.39 is 0 Å². The van der Waals surface area contributed by atoms with E-state index in [1.54, 1.807) is 0 Å². The molecular formula is C12H24N2O. The molecule has 0 aromatic carbocycles. The largest absolute Gasteiger partial charge is 0.390 e. The predicted molar refractivity (Wildman–Crippen MR) is 61.9 cm³/mol. The van der Waals surface area contributed by atoms with Gasteiger partial charge in [0.1, 0.15) is 0 Å². The second-order valence-electron chi connectivity index (χ2n) is 5.28. The second kappa shape index (κ2) is 4.81. The maximum Gasteiger partial charge on any atom is 0.0834 e. The highest BCUT2D eigenvalue weighted by atomic mass is 16.3. The first-order valence-corrected chi connectivity index (χ1v) is 6.34. The molecule has 2 unspecified atom stereocenters. The third kappa shape index (κ3) is 2.52. The van der Waals surface area contributed by atoms with Crippen LogP contribution in [0.25, 0.3) is 0 Å². The SMILES string of the molecule is CC(C)N1CC(O)C(N2CCCCC2)C1. The van der Waals surface area contributed by atoms with Gasteiger partial charge in [-0.2, -0.15) is 0 Å². The lowest BCUT2D eigenvalue weighted by Crippen LogP contribution is -2.46. The highest BCUT2D eigenvalue weighted by Crippen LogP contribution is 2.21. The maximum absolute atomic E-state index is 10.1. The van der Waals surface area contributed by atoms with E-state index in [1.807, 2.05) is 0 Å². The Morgan fingerprint density at radius 2 is 1.73 bits per heavy atom. The van der Waals surface area contributed by atoms with Crippen LogP contribution >= 0.6 is 0 Å². The summed E-state index contributed by atoms with van der Waals surface area (Å²) in [6, 6.07) is 0.960. The fourth-order valence-corrected chi connectivity index (χ4v) is 2.83. The molecule has 0 aromatic heterocycles. The van der Waals surface area contributed by atoms with Gasteiger partial charge in [-0.1, -0.05) is 6.42 Å². The van der Waals surface area contributed by atoms with E-state index in [1.165, 1.54) is 32.4 Å². The van der Waals surface area contributed by atoms with Gasteiger partial charge in [0.15, 0.2) is 0 Å². The molecule has 2 aliphatic rings. The molecule has 0 aromatic rings. The van der Waals surface area contributed by atoms with E-state index in [4.69, 9.17) is 0 Å². The first-order valence-electron chi connectivity index (χ1n) is 6.34. The molecule has 0 bridgehead atoms. The van der Waals surface area contributed by atoms with E-state index in [0.717, 1.165) is 13.1 Å². The van der Waals surface area contributed by atoms with Crippen LogP contribution in [-0.4, -0.2) is 59.3 Å². The van der Waals surface area contributed by atoms with Crippen molar-refractivity contribution in [2.45, 2.75) is 51.3 Å². The third-order valence-electron chi connectivity index (χ3n) is 3.88. The Balaban J connectivity index is 1.91. The molecule has 88 valence electrons. The van der Waals surface area contributed by atoms with Crippen molar-refractivity contribution in [3.05, 3.63) is 0 Å². The molecule has 2 saturated heterocycles. The third-order valence-corrected chi connectivity index (χ3v) is 3.88. The smallest absolute Gasteiger partial charge is 0.0834 e. The van der Waals surface area contributed by atoms with Crippen molar-refractivity contribution < 1.29 is 5.11 Å². The minimum absolute atomic E-state index is 0.134. The molecule has 3 heteroatoms. The molecule has 0 saturated carbocycles. The molecular weight excluding hydrogens is 188 g/mol. The summed E-state index contributed by atoms with van der Waals surface area (Å²) in [6.07, 6.45) is 3.86. The van der Waals surface area contributed by atoms with Crippen LogP contribution in [0.5, 0.6) is 0 Å². The van der Waals surface area contributed by atoms with E-state index in [0.29, 0.717) is 12.1 Å². The summed E-state index contributed by atoms with van der Waals surface area (Å²) < 4.78 is 0. The van der Waals surface area contributed by atoms with Crippen LogP contribution in [0.2, 0.25) is 0 Å². The molecule has 0 spiro atoms. The second-order valence-corrected chi connectivity index (χ2v) is 5.28. The average Bonchev–Trinajstić information content (AvgIpc) is 2.62. The molecule has 2 atom stereocenters. The van der Waals surface area contributed by atoms with E-state index >= 15 is 0 Å². The van der Waals surface area contributed by atoms with Gasteiger partial charge >= 0.3 is 0 Å². The fourth-order valence-electron chi connectivity index (χ4n) is 2.83. The van der Waals surface area contributed by atoms with Crippen LogP contribution in [-0.2, 0) is 0 Å². The van der Waals surface area contributed by atoms with Gasteiger partial charge in [0.05, 0.1) is 6.10 Å².